The standard InChI is InChI=1S/C92H62N4OS/c1-7-31-61(32-8-1)69-43-19-25-49-77(69)93(65-39-15-5-16-40-65)67-55-83-91-86(57-67)97-85-54-30-24-48-74(85)90(91)75-59-76-87(60-82(75)96(83)80-52-28-22-46-72(80)64-37-13-4-14-38-64)98-88-58-68(94(66-41-17-6-18-42-66)78-50-26-20-44-70(78)62-33-9-2-10-34-62)56-84-92(88)89(76)73-47-23-29-53-81(73)95(84)79-51-27-21-45-71(79)63-35-11-3-12-36-63/h1-60,89-90H. The Hall–Kier alpha value is -12.4. The zero-order valence-electron chi connectivity index (χ0n) is 53.4. The molecule has 0 saturated heterocycles. The minimum atomic E-state index is -0.202. The van der Waals surface area contributed by atoms with Crippen LogP contribution in [0.15, 0.2) is 374 Å². The van der Waals surface area contributed by atoms with E-state index in [1.54, 1.807) is 0 Å². The molecule has 0 aromatic heterocycles. The molecule has 0 saturated carbocycles. The number of anilines is 12. The van der Waals surface area contributed by atoms with Crippen LogP contribution >= 0.6 is 11.8 Å². The van der Waals surface area contributed by atoms with Crippen molar-refractivity contribution in [3.05, 3.63) is 397 Å². The van der Waals surface area contributed by atoms with Crippen molar-refractivity contribution in [2.24, 2.45) is 0 Å². The summed E-state index contributed by atoms with van der Waals surface area (Å²) in [6.45, 7) is 0. The van der Waals surface area contributed by atoms with Gasteiger partial charge < -0.3 is 24.3 Å². The maximum absolute atomic E-state index is 7.44. The Morgan fingerprint density at radius 3 is 1.18 bits per heavy atom. The summed E-state index contributed by atoms with van der Waals surface area (Å²) in [7, 11) is 0. The Morgan fingerprint density at radius 1 is 0.245 bits per heavy atom. The first-order valence-corrected chi connectivity index (χ1v) is 34.4. The van der Waals surface area contributed by atoms with Gasteiger partial charge in [0.1, 0.15) is 11.5 Å². The van der Waals surface area contributed by atoms with Gasteiger partial charge in [-0.05, 0) is 124 Å². The van der Waals surface area contributed by atoms with E-state index in [4.69, 9.17) is 4.74 Å². The van der Waals surface area contributed by atoms with Gasteiger partial charge in [-0.25, -0.2) is 0 Å². The lowest BCUT2D eigenvalue weighted by atomic mass is 9.74. The Kier molecular flexibility index (Phi) is 13.9. The van der Waals surface area contributed by atoms with Crippen molar-refractivity contribution in [3.63, 3.8) is 0 Å². The topological polar surface area (TPSA) is 22.2 Å². The number of hydrogen-bond acceptors (Lipinski definition) is 6. The van der Waals surface area contributed by atoms with Gasteiger partial charge in [-0.15, -0.1) is 0 Å². The van der Waals surface area contributed by atoms with Crippen LogP contribution in [0, 0.1) is 0 Å². The van der Waals surface area contributed by atoms with Crippen LogP contribution in [0.1, 0.15) is 45.2 Å². The molecular formula is C92H62N4OS. The molecule has 15 aromatic rings. The van der Waals surface area contributed by atoms with Gasteiger partial charge in [0.05, 0.1) is 51.2 Å². The van der Waals surface area contributed by atoms with E-state index in [-0.39, 0.29) is 11.8 Å². The lowest BCUT2D eigenvalue weighted by molar-refractivity contribution is 0.452. The summed E-state index contributed by atoms with van der Waals surface area (Å²) in [6, 6.07) is 133. The van der Waals surface area contributed by atoms with Gasteiger partial charge in [0.25, 0.3) is 0 Å². The predicted octanol–water partition coefficient (Wildman–Crippen LogP) is 25.8. The van der Waals surface area contributed by atoms with Gasteiger partial charge in [0.2, 0.25) is 0 Å². The van der Waals surface area contributed by atoms with Crippen molar-refractivity contribution in [2.45, 2.75) is 21.6 Å². The van der Waals surface area contributed by atoms with Crippen LogP contribution in [-0.4, -0.2) is 0 Å². The summed E-state index contributed by atoms with van der Waals surface area (Å²) in [5, 5.41) is 0. The third-order valence-electron chi connectivity index (χ3n) is 19.9. The highest BCUT2D eigenvalue weighted by Crippen LogP contribution is 2.66. The fourth-order valence-electron chi connectivity index (χ4n) is 15.8. The van der Waals surface area contributed by atoms with Crippen molar-refractivity contribution < 1.29 is 4.74 Å². The quantitative estimate of drug-likeness (QED) is 0.121. The number of nitrogens with zero attached hydrogens (tertiary/aromatic N) is 4. The van der Waals surface area contributed by atoms with Gasteiger partial charge in [-0.1, -0.05) is 285 Å². The molecule has 15 aromatic carbocycles. The first kappa shape index (κ1) is 57.1. The van der Waals surface area contributed by atoms with Crippen molar-refractivity contribution in [1.82, 2.24) is 0 Å². The van der Waals surface area contributed by atoms with Gasteiger partial charge in [-0.2, -0.15) is 0 Å². The summed E-state index contributed by atoms with van der Waals surface area (Å²) >= 11 is 1.90. The highest BCUT2D eigenvalue weighted by molar-refractivity contribution is 7.99. The molecule has 0 spiro atoms. The molecule has 0 radical (unpaired) electrons. The average Bonchev–Trinajstić information content (AvgIpc) is 0.694. The minimum absolute atomic E-state index is 0.152. The molecule has 2 unspecified atom stereocenters. The van der Waals surface area contributed by atoms with Crippen LogP contribution in [0.2, 0.25) is 0 Å². The zero-order valence-corrected chi connectivity index (χ0v) is 54.2. The molecule has 19 rings (SSSR count). The van der Waals surface area contributed by atoms with Gasteiger partial charge >= 0.3 is 0 Å². The Labute approximate surface area is 575 Å². The Balaban J connectivity index is 0.890. The molecule has 0 amide bonds. The maximum Gasteiger partial charge on any atom is 0.135 e. The van der Waals surface area contributed by atoms with Crippen molar-refractivity contribution >= 4 is 80.0 Å². The van der Waals surface area contributed by atoms with Crippen molar-refractivity contribution in [1.29, 1.82) is 0 Å². The van der Waals surface area contributed by atoms with E-state index in [2.05, 4.69) is 384 Å². The molecule has 0 N–H and O–H groups in total. The van der Waals surface area contributed by atoms with E-state index in [0.29, 0.717) is 0 Å². The second-order valence-electron chi connectivity index (χ2n) is 25.4. The van der Waals surface area contributed by atoms with Crippen LogP contribution in [0.5, 0.6) is 11.5 Å². The second kappa shape index (κ2) is 23.8. The number of benzene rings is 15. The first-order valence-electron chi connectivity index (χ1n) is 33.6. The smallest absolute Gasteiger partial charge is 0.135 e. The number of ether oxygens (including phenoxy) is 1. The largest absolute Gasteiger partial charge is 0.457 e. The van der Waals surface area contributed by atoms with E-state index in [9.17, 15) is 0 Å². The predicted molar refractivity (Wildman–Crippen MR) is 406 cm³/mol. The highest BCUT2D eigenvalue weighted by Gasteiger charge is 2.45. The van der Waals surface area contributed by atoms with E-state index >= 15 is 0 Å². The second-order valence-corrected chi connectivity index (χ2v) is 26.5. The zero-order chi connectivity index (χ0) is 64.6. The van der Waals surface area contributed by atoms with E-state index < -0.39 is 0 Å². The number of fused-ring (bicyclic) bond motifs is 8. The summed E-state index contributed by atoms with van der Waals surface area (Å²) < 4.78 is 7.44. The first-order chi connectivity index (χ1) is 48.7. The Morgan fingerprint density at radius 2 is 0.643 bits per heavy atom. The number of para-hydroxylation sites is 8. The summed E-state index contributed by atoms with van der Waals surface area (Å²) in [5.74, 6) is 1.33. The minimum Gasteiger partial charge on any atom is -0.457 e. The summed E-state index contributed by atoms with van der Waals surface area (Å²) in [4.78, 5) is 12.5. The fourth-order valence-corrected chi connectivity index (χ4v) is 17.0. The molecule has 5 nitrogen and oxygen atoms in total. The lowest BCUT2D eigenvalue weighted by Gasteiger charge is -2.45. The van der Waals surface area contributed by atoms with E-state index in [0.717, 1.165) is 135 Å². The van der Waals surface area contributed by atoms with Crippen LogP contribution in [0.25, 0.3) is 44.5 Å². The molecule has 4 aliphatic rings. The normalized spacial score (nSPS) is 14.1. The van der Waals surface area contributed by atoms with Gasteiger partial charge in [0, 0.05) is 83.7 Å². The molecule has 98 heavy (non-hydrogen) atoms. The van der Waals surface area contributed by atoms with E-state index in [1.165, 1.54) is 32.0 Å². The van der Waals surface area contributed by atoms with Crippen LogP contribution in [0.4, 0.5) is 68.2 Å². The third-order valence-corrected chi connectivity index (χ3v) is 21.0. The lowest BCUT2D eigenvalue weighted by Crippen LogP contribution is -2.28. The van der Waals surface area contributed by atoms with Crippen molar-refractivity contribution in [2.75, 3.05) is 19.6 Å². The van der Waals surface area contributed by atoms with Crippen LogP contribution in [0.3, 0.4) is 0 Å². The molecule has 462 valence electrons. The molecule has 4 heterocycles. The molecule has 6 heteroatoms. The molecule has 0 bridgehead atoms. The molecule has 0 aliphatic carbocycles. The highest BCUT2D eigenvalue weighted by atomic mass is 32.2. The SMILES string of the molecule is c1ccc(-c2ccccc2N(c2ccccc2)c2cc3c4c(c2)N(c2ccccc2-c2ccccc2)c2cc5c(cc2C4c2ccccc2O3)C2c3ccccc3N(c3ccccc3-c3ccccc3)c3cc(N(c4ccccc4)c4ccccc4-c4ccccc4)cc(c32)S5)cc1. The average molecular weight is 1270 g/mol. The third kappa shape index (κ3) is 9.47. The van der Waals surface area contributed by atoms with Crippen molar-refractivity contribution in [3.8, 4) is 56.0 Å². The number of rotatable bonds is 12. The molecular weight excluding hydrogens is 1210 g/mol. The fraction of sp³-hybridized carbons (Fsp3) is 0.0217. The Bertz CT molecular complexity index is 5550. The summed E-state index contributed by atoms with van der Waals surface area (Å²) in [6.07, 6.45) is 0. The maximum atomic E-state index is 7.44. The van der Waals surface area contributed by atoms with E-state index in [1.807, 2.05) is 11.8 Å². The molecule has 2 atom stereocenters. The van der Waals surface area contributed by atoms with Crippen LogP contribution < -0.4 is 24.3 Å². The van der Waals surface area contributed by atoms with Crippen LogP contribution in [-0.2, 0) is 0 Å². The monoisotopic (exact) mass is 1270 g/mol. The van der Waals surface area contributed by atoms with Gasteiger partial charge in [0.15, 0.2) is 0 Å². The molecule has 0 fully saturated rings. The molecule has 4 aliphatic heterocycles. The number of hydrogen-bond donors (Lipinski definition) is 0. The summed E-state index contributed by atoms with van der Waals surface area (Å²) in [5.41, 5.74) is 29.4. The van der Waals surface area contributed by atoms with Gasteiger partial charge in [-0.3, -0.25) is 0 Å².